The Labute approximate surface area is 133 Å². The van der Waals surface area contributed by atoms with Crippen molar-refractivity contribution in [3.05, 3.63) is 23.0 Å². The lowest BCUT2D eigenvalue weighted by molar-refractivity contribution is -0.159. The summed E-state index contributed by atoms with van der Waals surface area (Å²) in [4.78, 5) is 16.9. The van der Waals surface area contributed by atoms with E-state index in [0.29, 0.717) is 23.3 Å². The van der Waals surface area contributed by atoms with Crippen molar-refractivity contribution in [3.63, 3.8) is 0 Å². The van der Waals surface area contributed by atoms with Gasteiger partial charge < -0.3 is 4.74 Å². The Bertz CT molecular complexity index is 747. The van der Waals surface area contributed by atoms with Gasteiger partial charge in [-0.25, -0.2) is 14.5 Å². The number of carbonyl (C=O) groups is 1. The summed E-state index contributed by atoms with van der Waals surface area (Å²) in [6.45, 7) is 2.20. The molecule has 0 bridgehead atoms. The Hall–Kier alpha value is -1.62. The zero-order valence-electron chi connectivity index (χ0n) is 12.5. The van der Waals surface area contributed by atoms with Crippen LogP contribution in [0.2, 0.25) is 5.15 Å². The van der Waals surface area contributed by atoms with E-state index in [9.17, 15) is 4.79 Å². The van der Waals surface area contributed by atoms with Gasteiger partial charge in [0.1, 0.15) is 5.15 Å². The van der Waals surface area contributed by atoms with E-state index in [1.54, 1.807) is 4.68 Å². The van der Waals surface area contributed by atoms with Gasteiger partial charge in [0.05, 0.1) is 12.8 Å². The number of rotatable bonds is 4. The van der Waals surface area contributed by atoms with Gasteiger partial charge in [0, 0.05) is 5.39 Å². The molecule has 5 nitrogen and oxygen atoms in total. The monoisotopic (exact) mass is 319 g/mol. The highest BCUT2D eigenvalue weighted by Crippen LogP contribution is 2.46. The van der Waals surface area contributed by atoms with Crippen molar-refractivity contribution in [2.45, 2.75) is 50.5 Å². The van der Waals surface area contributed by atoms with Gasteiger partial charge >= 0.3 is 5.97 Å². The second-order valence-electron chi connectivity index (χ2n) is 6.21. The number of esters is 1. The average Bonchev–Trinajstić information content (AvgIpc) is 3.20. The number of halogens is 1. The number of ether oxygens (including phenoxy) is 1. The van der Waals surface area contributed by atoms with E-state index < -0.39 is 5.54 Å². The third kappa shape index (κ3) is 1.95. The van der Waals surface area contributed by atoms with Gasteiger partial charge in [-0.1, -0.05) is 11.6 Å². The van der Waals surface area contributed by atoms with Crippen molar-refractivity contribution in [1.29, 1.82) is 0 Å². The van der Waals surface area contributed by atoms with E-state index in [1.165, 1.54) is 18.4 Å². The highest BCUT2D eigenvalue weighted by molar-refractivity contribution is 6.29. The van der Waals surface area contributed by atoms with Gasteiger partial charge in [-0.05, 0) is 56.6 Å². The van der Waals surface area contributed by atoms with Crippen molar-refractivity contribution in [3.8, 4) is 0 Å². The Morgan fingerprint density at radius 2 is 2.27 bits per heavy atom. The first-order valence-corrected chi connectivity index (χ1v) is 8.25. The molecule has 0 unspecified atom stereocenters. The summed E-state index contributed by atoms with van der Waals surface area (Å²) in [7, 11) is 0. The van der Waals surface area contributed by atoms with Crippen molar-refractivity contribution in [2.75, 3.05) is 6.61 Å². The van der Waals surface area contributed by atoms with E-state index in [-0.39, 0.29) is 5.97 Å². The van der Waals surface area contributed by atoms with Gasteiger partial charge in [0.25, 0.3) is 0 Å². The summed E-state index contributed by atoms with van der Waals surface area (Å²) in [6.07, 6.45) is 6.68. The zero-order valence-corrected chi connectivity index (χ0v) is 13.3. The zero-order chi connectivity index (χ0) is 15.3. The molecule has 0 amide bonds. The van der Waals surface area contributed by atoms with Crippen LogP contribution in [0.4, 0.5) is 0 Å². The SMILES string of the molecule is CCOC(=O)C1(n2ncc3c(C4CC4)cc(Cl)nc32)CCC1. The second-order valence-corrected chi connectivity index (χ2v) is 6.59. The van der Waals surface area contributed by atoms with Crippen molar-refractivity contribution >= 4 is 28.6 Å². The summed E-state index contributed by atoms with van der Waals surface area (Å²) in [6, 6.07) is 1.94. The van der Waals surface area contributed by atoms with Gasteiger partial charge in [-0.3, -0.25) is 0 Å². The lowest BCUT2D eigenvalue weighted by atomic mass is 9.77. The standard InChI is InChI=1S/C16H18ClN3O2/c1-2-22-15(21)16(6-3-7-16)20-14-12(9-18-20)11(10-4-5-10)8-13(17)19-14/h8-10H,2-7H2,1H3. The molecular weight excluding hydrogens is 302 g/mol. The molecule has 6 heteroatoms. The molecule has 2 saturated carbocycles. The minimum absolute atomic E-state index is 0.207. The van der Waals surface area contributed by atoms with Gasteiger partial charge in [0.2, 0.25) is 0 Å². The molecule has 0 radical (unpaired) electrons. The Balaban J connectivity index is 1.86. The molecule has 0 saturated heterocycles. The third-order valence-electron chi connectivity index (χ3n) is 4.80. The van der Waals surface area contributed by atoms with Crippen molar-refractivity contribution < 1.29 is 9.53 Å². The molecule has 0 aliphatic heterocycles. The molecule has 2 fully saturated rings. The first-order valence-electron chi connectivity index (χ1n) is 7.87. The molecule has 0 atom stereocenters. The molecule has 2 heterocycles. The maximum atomic E-state index is 12.5. The van der Waals surface area contributed by atoms with Crippen LogP contribution in [0, 0.1) is 0 Å². The smallest absolute Gasteiger partial charge is 0.334 e. The maximum Gasteiger partial charge on any atom is 0.334 e. The quantitative estimate of drug-likeness (QED) is 0.640. The number of fused-ring (bicyclic) bond motifs is 1. The van der Waals surface area contributed by atoms with Crippen LogP contribution in [0.5, 0.6) is 0 Å². The van der Waals surface area contributed by atoms with E-state index in [1.807, 2.05) is 19.2 Å². The lowest BCUT2D eigenvalue weighted by Gasteiger charge is -2.39. The van der Waals surface area contributed by atoms with E-state index in [4.69, 9.17) is 16.3 Å². The molecular formula is C16H18ClN3O2. The fourth-order valence-corrected chi connectivity index (χ4v) is 3.52. The van der Waals surface area contributed by atoms with Crippen LogP contribution in [0.15, 0.2) is 12.3 Å². The molecule has 0 aromatic carbocycles. The number of aromatic nitrogens is 3. The van der Waals surface area contributed by atoms with Crippen LogP contribution in [-0.4, -0.2) is 27.3 Å². The molecule has 2 aliphatic rings. The van der Waals surface area contributed by atoms with E-state index >= 15 is 0 Å². The third-order valence-corrected chi connectivity index (χ3v) is 4.99. The summed E-state index contributed by atoms with van der Waals surface area (Å²) in [5.41, 5.74) is 1.22. The molecule has 2 aromatic rings. The van der Waals surface area contributed by atoms with Gasteiger partial charge in [-0.15, -0.1) is 0 Å². The highest BCUT2D eigenvalue weighted by Gasteiger charge is 2.49. The number of hydrogen-bond donors (Lipinski definition) is 0. The Morgan fingerprint density at radius 3 is 2.86 bits per heavy atom. The predicted molar refractivity (Wildman–Crippen MR) is 83.0 cm³/mol. The normalized spacial score (nSPS) is 19.9. The van der Waals surface area contributed by atoms with Gasteiger partial charge in [0.15, 0.2) is 11.2 Å². The van der Waals surface area contributed by atoms with Crippen LogP contribution in [0.3, 0.4) is 0 Å². The minimum Gasteiger partial charge on any atom is -0.464 e. The molecule has 4 rings (SSSR count). The molecule has 0 spiro atoms. The van der Waals surface area contributed by atoms with E-state index in [0.717, 1.165) is 24.6 Å². The number of nitrogens with zero attached hydrogens (tertiary/aromatic N) is 3. The molecule has 0 N–H and O–H groups in total. The summed E-state index contributed by atoms with van der Waals surface area (Å²) >= 11 is 6.21. The maximum absolute atomic E-state index is 12.5. The Kier molecular flexibility index (Phi) is 3.15. The largest absolute Gasteiger partial charge is 0.464 e. The first kappa shape index (κ1) is 14.0. The molecule has 22 heavy (non-hydrogen) atoms. The summed E-state index contributed by atoms with van der Waals surface area (Å²) < 4.78 is 7.03. The summed E-state index contributed by atoms with van der Waals surface area (Å²) in [5.74, 6) is 0.349. The number of pyridine rings is 1. The van der Waals surface area contributed by atoms with Crippen LogP contribution in [0.25, 0.3) is 11.0 Å². The topological polar surface area (TPSA) is 57.0 Å². The van der Waals surface area contributed by atoms with Crippen LogP contribution in [-0.2, 0) is 15.1 Å². The molecule has 2 aliphatic carbocycles. The van der Waals surface area contributed by atoms with Crippen LogP contribution in [0.1, 0.15) is 50.5 Å². The van der Waals surface area contributed by atoms with Crippen LogP contribution >= 0.6 is 11.6 Å². The molecule has 116 valence electrons. The minimum atomic E-state index is -0.698. The summed E-state index contributed by atoms with van der Waals surface area (Å²) in [5, 5.41) is 5.98. The molecule has 2 aromatic heterocycles. The fraction of sp³-hybridized carbons (Fsp3) is 0.562. The highest BCUT2D eigenvalue weighted by atomic mass is 35.5. The Morgan fingerprint density at radius 1 is 1.50 bits per heavy atom. The van der Waals surface area contributed by atoms with Crippen LogP contribution < -0.4 is 0 Å². The van der Waals surface area contributed by atoms with Crippen molar-refractivity contribution in [1.82, 2.24) is 14.8 Å². The fourth-order valence-electron chi connectivity index (χ4n) is 3.32. The lowest BCUT2D eigenvalue weighted by Crippen LogP contribution is -2.49. The van der Waals surface area contributed by atoms with E-state index in [2.05, 4.69) is 10.1 Å². The average molecular weight is 320 g/mol. The van der Waals surface area contributed by atoms with Crippen molar-refractivity contribution in [2.24, 2.45) is 0 Å². The first-order chi connectivity index (χ1) is 10.7. The predicted octanol–water partition coefficient (Wildman–Crippen LogP) is 3.40. The number of carbonyl (C=O) groups excluding carboxylic acids is 1. The van der Waals surface area contributed by atoms with Gasteiger partial charge in [-0.2, -0.15) is 5.10 Å². The number of hydrogen-bond acceptors (Lipinski definition) is 4. The second kappa shape index (κ2) is 4.95.